The van der Waals surface area contributed by atoms with Crippen LogP contribution in [-0.4, -0.2) is 5.11 Å². The molecule has 0 saturated heterocycles. The zero-order chi connectivity index (χ0) is 14.3. The van der Waals surface area contributed by atoms with Gasteiger partial charge in [0, 0.05) is 18.5 Å². The number of halogens is 2. The number of benzene rings is 2. The van der Waals surface area contributed by atoms with Crippen molar-refractivity contribution in [3.05, 3.63) is 70.8 Å². The smallest absolute Gasteiger partial charge is 0.126 e. The molecule has 2 nitrogen and oxygen atoms in total. The van der Waals surface area contributed by atoms with Gasteiger partial charge in [-0.3, -0.25) is 0 Å². The van der Waals surface area contributed by atoms with Gasteiger partial charge in [-0.15, -0.1) is 0 Å². The molecule has 104 valence electrons. The van der Waals surface area contributed by atoms with Crippen LogP contribution in [0.25, 0.3) is 0 Å². The third-order valence-electron chi connectivity index (χ3n) is 3.84. The molecule has 1 aliphatic carbocycles. The van der Waals surface area contributed by atoms with Crippen molar-refractivity contribution in [3.63, 3.8) is 0 Å². The molecule has 0 spiro atoms. The number of fused-ring (bicyclic) bond motifs is 1. The second-order valence-electron chi connectivity index (χ2n) is 5.38. The summed E-state index contributed by atoms with van der Waals surface area (Å²) in [4.78, 5) is 0. The Kier molecular flexibility index (Phi) is 3.07. The molecular formula is C16H15F2NO. The Hall–Kier alpha value is -1.78. The van der Waals surface area contributed by atoms with Gasteiger partial charge < -0.3 is 10.8 Å². The molecule has 1 aliphatic rings. The van der Waals surface area contributed by atoms with Crippen molar-refractivity contribution in [2.24, 2.45) is 5.73 Å². The normalized spacial score (nSPS) is 24.7. The van der Waals surface area contributed by atoms with Crippen molar-refractivity contribution in [1.29, 1.82) is 0 Å². The van der Waals surface area contributed by atoms with Crippen LogP contribution in [0.15, 0.2) is 42.5 Å². The van der Waals surface area contributed by atoms with Gasteiger partial charge in [-0.2, -0.15) is 0 Å². The van der Waals surface area contributed by atoms with Crippen LogP contribution in [0.5, 0.6) is 0 Å². The van der Waals surface area contributed by atoms with Crippen molar-refractivity contribution in [3.8, 4) is 0 Å². The lowest BCUT2D eigenvalue weighted by atomic mass is 9.88. The van der Waals surface area contributed by atoms with E-state index < -0.39 is 17.2 Å². The van der Waals surface area contributed by atoms with Gasteiger partial charge in [-0.25, -0.2) is 8.78 Å². The van der Waals surface area contributed by atoms with Gasteiger partial charge in [-0.1, -0.05) is 24.3 Å². The molecule has 0 fully saturated rings. The van der Waals surface area contributed by atoms with Crippen LogP contribution in [-0.2, 0) is 12.0 Å². The summed E-state index contributed by atoms with van der Waals surface area (Å²) < 4.78 is 26.5. The molecule has 20 heavy (non-hydrogen) atoms. The van der Waals surface area contributed by atoms with E-state index in [1.54, 1.807) is 0 Å². The van der Waals surface area contributed by atoms with Crippen LogP contribution in [0.2, 0.25) is 0 Å². The maximum absolute atomic E-state index is 13.3. The minimum atomic E-state index is -1.17. The highest BCUT2D eigenvalue weighted by molar-refractivity contribution is 5.41. The summed E-state index contributed by atoms with van der Waals surface area (Å²) in [7, 11) is 0. The molecule has 3 N–H and O–H groups in total. The average Bonchev–Trinajstić information content (AvgIpc) is 2.61. The van der Waals surface area contributed by atoms with E-state index in [0.717, 1.165) is 17.2 Å². The van der Waals surface area contributed by atoms with Gasteiger partial charge in [-0.05, 0) is 35.2 Å². The van der Waals surface area contributed by atoms with E-state index in [9.17, 15) is 13.9 Å². The molecule has 2 atom stereocenters. The summed E-state index contributed by atoms with van der Waals surface area (Å²) in [5, 5.41) is 10.8. The van der Waals surface area contributed by atoms with E-state index in [0.29, 0.717) is 12.0 Å². The minimum Gasteiger partial charge on any atom is -0.385 e. The molecule has 0 saturated carbocycles. The van der Waals surface area contributed by atoms with Crippen LogP contribution >= 0.6 is 0 Å². The molecule has 0 aromatic heterocycles. The molecule has 0 bridgehead atoms. The second kappa shape index (κ2) is 4.65. The molecule has 0 amide bonds. The molecule has 4 heteroatoms. The van der Waals surface area contributed by atoms with E-state index >= 15 is 0 Å². The topological polar surface area (TPSA) is 46.2 Å². The number of nitrogens with two attached hydrogens (primary N) is 1. The molecule has 0 heterocycles. The third kappa shape index (κ3) is 2.21. The number of aliphatic hydroxyl groups is 1. The Morgan fingerprint density at radius 1 is 1.15 bits per heavy atom. The van der Waals surface area contributed by atoms with E-state index in [1.807, 2.05) is 24.3 Å². The van der Waals surface area contributed by atoms with Crippen molar-refractivity contribution in [2.45, 2.75) is 24.5 Å². The van der Waals surface area contributed by atoms with Crippen molar-refractivity contribution in [2.75, 3.05) is 0 Å². The van der Waals surface area contributed by atoms with Crippen LogP contribution in [0.4, 0.5) is 8.78 Å². The Morgan fingerprint density at radius 2 is 1.80 bits per heavy atom. The summed E-state index contributed by atoms with van der Waals surface area (Å²) in [6.07, 6.45) is 0.497. The monoisotopic (exact) mass is 275 g/mol. The van der Waals surface area contributed by atoms with Crippen molar-refractivity contribution >= 4 is 0 Å². The van der Waals surface area contributed by atoms with Crippen LogP contribution in [0, 0.1) is 11.6 Å². The zero-order valence-electron chi connectivity index (χ0n) is 10.8. The van der Waals surface area contributed by atoms with Crippen LogP contribution in [0.1, 0.15) is 29.2 Å². The molecule has 3 rings (SSSR count). The lowest BCUT2D eigenvalue weighted by Crippen LogP contribution is -2.26. The van der Waals surface area contributed by atoms with Crippen LogP contribution < -0.4 is 5.73 Å². The highest BCUT2D eigenvalue weighted by Gasteiger charge is 2.40. The summed E-state index contributed by atoms with van der Waals surface area (Å²) in [6, 6.07) is 10.4. The van der Waals surface area contributed by atoms with Gasteiger partial charge in [0.1, 0.15) is 11.6 Å². The van der Waals surface area contributed by atoms with Gasteiger partial charge in [0.2, 0.25) is 0 Å². The van der Waals surface area contributed by atoms with Crippen molar-refractivity contribution in [1.82, 2.24) is 0 Å². The fourth-order valence-corrected chi connectivity index (χ4v) is 3.05. The highest BCUT2D eigenvalue weighted by atomic mass is 19.1. The average molecular weight is 275 g/mol. The first-order chi connectivity index (χ1) is 9.48. The summed E-state index contributed by atoms with van der Waals surface area (Å²) in [5.41, 5.74) is 6.92. The Labute approximate surface area is 115 Å². The van der Waals surface area contributed by atoms with E-state index in [-0.39, 0.29) is 12.5 Å². The maximum Gasteiger partial charge on any atom is 0.126 e. The summed E-state index contributed by atoms with van der Waals surface area (Å²) in [6.45, 7) is 0. The molecule has 0 radical (unpaired) electrons. The van der Waals surface area contributed by atoms with Gasteiger partial charge in [0.15, 0.2) is 0 Å². The Morgan fingerprint density at radius 3 is 2.50 bits per heavy atom. The fraction of sp³-hybridized carbons (Fsp3) is 0.250. The predicted molar refractivity (Wildman–Crippen MR) is 71.9 cm³/mol. The van der Waals surface area contributed by atoms with Gasteiger partial charge in [0.05, 0.1) is 5.60 Å². The van der Waals surface area contributed by atoms with Crippen molar-refractivity contribution < 1.29 is 13.9 Å². The summed E-state index contributed by atoms with van der Waals surface area (Å²) >= 11 is 0. The molecular weight excluding hydrogens is 260 g/mol. The second-order valence-corrected chi connectivity index (χ2v) is 5.38. The van der Waals surface area contributed by atoms with Gasteiger partial charge in [0.25, 0.3) is 0 Å². The molecule has 0 aliphatic heterocycles. The first-order valence-electron chi connectivity index (χ1n) is 6.50. The largest absolute Gasteiger partial charge is 0.385 e. The SMILES string of the molecule is NC1CC(O)(Cc2cc(F)cc(F)c2)c2ccccc21. The van der Waals surface area contributed by atoms with E-state index in [4.69, 9.17) is 5.73 Å². The quantitative estimate of drug-likeness (QED) is 0.885. The Balaban J connectivity index is 1.98. The standard InChI is InChI=1S/C16H15F2NO/c17-11-5-10(6-12(18)7-11)8-16(20)9-15(19)13-3-1-2-4-14(13)16/h1-7,15,20H,8-9,19H2. The molecule has 2 unspecified atom stereocenters. The van der Waals surface area contributed by atoms with Crippen LogP contribution in [0.3, 0.4) is 0 Å². The minimum absolute atomic E-state index is 0.145. The summed E-state index contributed by atoms with van der Waals surface area (Å²) in [5.74, 6) is -1.28. The van der Waals surface area contributed by atoms with Gasteiger partial charge >= 0.3 is 0 Å². The van der Waals surface area contributed by atoms with E-state index in [2.05, 4.69) is 0 Å². The van der Waals surface area contributed by atoms with E-state index in [1.165, 1.54) is 12.1 Å². The first kappa shape index (κ1) is 13.2. The Bertz CT molecular complexity index is 638. The number of hydrogen-bond donors (Lipinski definition) is 2. The lowest BCUT2D eigenvalue weighted by molar-refractivity contribution is 0.0341. The predicted octanol–water partition coefficient (Wildman–Crippen LogP) is 2.80. The molecule has 2 aromatic carbocycles. The number of hydrogen-bond acceptors (Lipinski definition) is 2. The number of rotatable bonds is 2. The fourth-order valence-electron chi connectivity index (χ4n) is 3.05. The maximum atomic E-state index is 13.3. The highest BCUT2D eigenvalue weighted by Crippen LogP contribution is 2.43. The third-order valence-corrected chi connectivity index (χ3v) is 3.84. The first-order valence-corrected chi connectivity index (χ1v) is 6.50. The lowest BCUT2D eigenvalue weighted by Gasteiger charge is -2.24. The molecule has 2 aromatic rings. The zero-order valence-corrected chi connectivity index (χ0v) is 10.8.